The zero-order valence-corrected chi connectivity index (χ0v) is 13.9. The molecule has 3 rings (SSSR count). The van der Waals surface area contributed by atoms with Gasteiger partial charge in [-0.2, -0.15) is 0 Å². The highest BCUT2D eigenvalue weighted by Crippen LogP contribution is 2.24. The molecule has 2 heterocycles. The predicted octanol–water partition coefficient (Wildman–Crippen LogP) is 3.17. The van der Waals surface area contributed by atoms with Crippen LogP contribution in [0.15, 0.2) is 22.6 Å². The van der Waals surface area contributed by atoms with E-state index < -0.39 is 0 Å². The first-order valence-electron chi connectivity index (χ1n) is 8.47. The van der Waals surface area contributed by atoms with E-state index in [9.17, 15) is 4.79 Å². The lowest BCUT2D eigenvalue weighted by Gasteiger charge is -2.30. The third kappa shape index (κ3) is 3.55. The maximum atomic E-state index is 11.8. The van der Waals surface area contributed by atoms with E-state index in [1.54, 1.807) is 0 Å². The summed E-state index contributed by atoms with van der Waals surface area (Å²) in [4.78, 5) is 18.8. The Morgan fingerprint density at radius 2 is 2.13 bits per heavy atom. The van der Waals surface area contributed by atoms with E-state index in [1.165, 1.54) is 5.56 Å². The molecule has 23 heavy (non-hydrogen) atoms. The third-order valence-electron chi connectivity index (χ3n) is 4.45. The molecular weight excluding hydrogens is 292 g/mol. The zero-order valence-electron chi connectivity index (χ0n) is 13.9. The van der Waals surface area contributed by atoms with Crippen molar-refractivity contribution in [3.05, 3.63) is 29.7 Å². The highest BCUT2D eigenvalue weighted by Gasteiger charge is 2.26. The molecule has 5 nitrogen and oxygen atoms in total. The SMILES string of the molecule is CCOC(=O)C1CCN(Cc2cccc3oc(CC)nc23)CC1. The van der Waals surface area contributed by atoms with Gasteiger partial charge in [0.25, 0.3) is 0 Å². The molecule has 0 N–H and O–H groups in total. The molecule has 0 aliphatic carbocycles. The van der Waals surface area contributed by atoms with Gasteiger partial charge in [-0.15, -0.1) is 0 Å². The number of nitrogens with zero attached hydrogens (tertiary/aromatic N) is 2. The van der Waals surface area contributed by atoms with Crippen LogP contribution in [0.3, 0.4) is 0 Å². The molecule has 5 heteroatoms. The Hall–Kier alpha value is -1.88. The van der Waals surface area contributed by atoms with Crippen molar-refractivity contribution in [1.29, 1.82) is 0 Å². The van der Waals surface area contributed by atoms with Gasteiger partial charge in [-0.1, -0.05) is 19.1 Å². The summed E-state index contributed by atoms with van der Waals surface area (Å²) < 4.78 is 10.9. The fourth-order valence-electron chi connectivity index (χ4n) is 3.16. The fourth-order valence-corrected chi connectivity index (χ4v) is 3.16. The highest BCUT2D eigenvalue weighted by atomic mass is 16.5. The van der Waals surface area contributed by atoms with E-state index in [0.29, 0.717) is 6.61 Å². The van der Waals surface area contributed by atoms with Crippen LogP contribution in [-0.4, -0.2) is 35.5 Å². The van der Waals surface area contributed by atoms with Gasteiger partial charge >= 0.3 is 5.97 Å². The van der Waals surface area contributed by atoms with Crippen molar-refractivity contribution in [3.63, 3.8) is 0 Å². The minimum atomic E-state index is -0.0432. The second kappa shape index (κ2) is 7.13. The van der Waals surface area contributed by atoms with E-state index in [4.69, 9.17) is 9.15 Å². The number of benzene rings is 1. The zero-order chi connectivity index (χ0) is 16.2. The van der Waals surface area contributed by atoms with E-state index in [-0.39, 0.29) is 11.9 Å². The first kappa shape index (κ1) is 16.0. The number of carbonyl (C=O) groups is 1. The Kier molecular flexibility index (Phi) is 4.96. The number of para-hydroxylation sites is 1. The quantitative estimate of drug-likeness (QED) is 0.793. The van der Waals surface area contributed by atoms with Gasteiger partial charge in [-0.3, -0.25) is 9.69 Å². The van der Waals surface area contributed by atoms with Crippen LogP contribution in [0, 0.1) is 5.92 Å². The lowest BCUT2D eigenvalue weighted by Crippen LogP contribution is -2.36. The van der Waals surface area contributed by atoms with Gasteiger partial charge in [0, 0.05) is 13.0 Å². The van der Waals surface area contributed by atoms with E-state index in [2.05, 4.69) is 16.0 Å². The largest absolute Gasteiger partial charge is 0.466 e. The van der Waals surface area contributed by atoms with Gasteiger partial charge in [-0.05, 0) is 44.5 Å². The van der Waals surface area contributed by atoms with Crippen molar-refractivity contribution in [2.75, 3.05) is 19.7 Å². The minimum absolute atomic E-state index is 0.0432. The molecule has 0 saturated carbocycles. The molecule has 0 bridgehead atoms. The topological polar surface area (TPSA) is 55.6 Å². The molecule has 0 spiro atoms. The maximum Gasteiger partial charge on any atom is 0.309 e. The van der Waals surface area contributed by atoms with E-state index in [1.807, 2.05) is 26.0 Å². The van der Waals surface area contributed by atoms with Crippen molar-refractivity contribution in [2.45, 2.75) is 39.7 Å². The normalized spacial score (nSPS) is 16.8. The Morgan fingerprint density at radius 1 is 1.35 bits per heavy atom. The van der Waals surface area contributed by atoms with Crippen LogP contribution < -0.4 is 0 Å². The fraction of sp³-hybridized carbons (Fsp3) is 0.556. The number of hydrogen-bond donors (Lipinski definition) is 0. The summed E-state index contributed by atoms with van der Waals surface area (Å²) >= 11 is 0. The number of esters is 1. The van der Waals surface area contributed by atoms with Gasteiger partial charge in [0.15, 0.2) is 11.5 Å². The smallest absolute Gasteiger partial charge is 0.309 e. The van der Waals surface area contributed by atoms with Crippen molar-refractivity contribution in [1.82, 2.24) is 9.88 Å². The first-order valence-corrected chi connectivity index (χ1v) is 8.47. The summed E-state index contributed by atoms with van der Waals surface area (Å²) in [5.41, 5.74) is 3.03. The average Bonchev–Trinajstić information content (AvgIpc) is 3.00. The molecule has 0 unspecified atom stereocenters. The van der Waals surface area contributed by atoms with Gasteiger partial charge < -0.3 is 9.15 Å². The average molecular weight is 316 g/mol. The lowest BCUT2D eigenvalue weighted by atomic mass is 9.96. The number of fused-ring (bicyclic) bond motifs is 1. The Bertz CT molecular complexity index is 672. The first-order chi connectivity index (χ1) is 11.2. The van der Waals surface area contributed by atoms with Crippen LogP contribution in [-0.2, 0) is 22.5 Å². The summed E-state index contributed by atoms with van der Waals surface area (Å²) in [5, 5.41) is 0. The predicted molar refractivity (Wildman–Crippen MR) is 88.0 cm³/mol. The molecule has 1 saturated heterocycles. The third-order valence-corrected chi connectivity index (χ3v) is 4.45. The van der Waals surface area contributed by atoms with Crippen LogP contribution in [0.25, 0.3) is 11.1 Å². The summed E-state index contributed by atoms with van der Waals surface area (Å²) in [6.07, 6.45) is 2.54. The number of aryl methyl sites for hydroxylation is 1. The van der Waals surface area contributed by atoms with Crippen molar-refractivity contribution >= 4 is 17.1 Å². The molecule has 2 aromatic rings. The van der Waals surface area contributed by atoms with Crippen molar-refractivity contribution in [2.24, 2.45) is 5.92 Å². The molecule has 1 fully saturated rings. The molecule has 1 aliphatic heterocycles. The van der Waals surface area contributed by atoms with Crippen molar-refractivity contribution in [3.8, 4) is 0 Å². The van der Waals surface area contributed by atoms with Gasteiger partial charge in [0.2, 0.25) is 0 Å². The number of ether oxygens (including phenoxy) is 1. The molecule has 1 aromatic carbocycles. The molecule has 1 aliphatic rings. The molecule has 124 valence electrons. The number of likely N-dealkylation sites (tertiary alicyclic amines) is 1. The summed E-state index contributed by atoms with van der Waals surface area (Å²) in [6.45, 7) is 7.05. The van der Waals surface area contributed by atoms with Crippen molar-refractivity contribution < 1.29 is 13.9 Å². The Morgan fingerprint density at radius 3 is 2.83 bits per heavy atom. The van der Waals surface area contributed by atoms with Crippen LogP contribution >= 0.6 is 0 Å². The monoisotopic (exact) mass is 316 g/mol. The van der Waals surface area contributed by atoms with Crippen LogP contribution in [0.4, 0.5) is 0 Å². The van der Waals surface area contributed by atoms with E-state index >= 15 is 0 Å². The van der Waals surface area contributed by atoms with Gasteiger partial charge in [-0.25, -0.2) is 4.98 Å². The second-order valence-electron chi connectivity index (χ2n) is 6.03. The molecular formula is C18H24N2O3. The molecule has 0 atom stereocenters. The van der Waals surface area contributed by atoms with Gasteiger partial charge in [0.1, 0.15) is 5.52 Å². The number of piperidine rings is 1. The maximum absolute atomic E-state index is 11.8. The van der Waals surface area contributed by atoms with Crippen LogP contribution in [0.5, 0.6) is 0 Å². The summed E-state index contributed by atoms with van der Waals surface area (Å²) in [6, 6.07) is 6.10. The van der Waals surface area contributed by atoms with Crippen LogP contribution in [0.2, 0.25) is 0 Å². The number of carbonyl (C=O) groups excluding carboxylic acids is 1. The highest BCUT2D eigenvalue weighted by molar-refractivity contribution is 5.76. The number of aromatic nitrogens is 1. The number of oxazole rings is 1. The molecule has 0 amide bonds. The van der Waals surface area contributed by atoms with Crippen LogP contribution in [0.1, 0.15) is 38.1 Å². The van der Waals surface area contributed by atoms with E-state index in [0.717, 1.165) is 55.9 Å². The second-order valence-corrected chi connectivity index (χ2v) is 6.03. The summed E-state index contributed by atoms with van der Waals surface area (Å²) in [5.74, 6) is 0.799. The lowest BCUT2D eigenvalue weighted by molar-refractivity contribution is -0.149. The standard InChI is InChI=1S/C18H24N2O3/c1-3-16-19-17-14(6-5-7-15(17)23-16)12-20-10-8-13(9-11-20)18(21)22-4-2/h5-7,13H,3-4,8-12H2,1-2H3. The number of rotatable bonds is 5. The molecule has 1 aromatic heterocycles. The van der Waals surface area contributed by atoms with Gasteiger partial charge in [0.05, 0.1) is 12.5 Å². The Balaban J connectivity index is 1.65. The summed E-state index contributed by atoms with van der Waals surface area (Å²) in [7, 11) is 0. The number of hydrogen-bond acceptors (Lipinski definition) is 5. The Labute approximate surface area is 136 Å². The molecule has 0 radical (unpaired) electrons. The minimum Gasteiger partial charge on any atom is -0.466 e.